The second kappa shape index (κ2) is 9.65. The molecule has 0 N–H and O–H groups in total. The van der Waals surface area contributed by atoms with Crippen LogP contribution in [0.4, 0.5) is 0 Å². The van der Waals surface area contributed by atoms with Crippen molar-refractivity contribution in [3.05, 3.63) is 35.4 Å². The van der Waals surface area contributed by atoms with Crippen molar-refractivity contribution in [1.29, 1.82) is 0 Å². The molecule has 0 amide bonds. The minimum atomic E-state index is 0.645. The summed E-state index contributed by atoms with van der Waals surface area (Å²) < 4.78 is 1.29. The molecule has 6 unspecified atom stereocenters. The predicted octanol–water partition coefficient (Wildman–Crippen LogP) is 5.47. The molecule has 1 aromatic carbocycles. The van der Waals surface area contributed by atoms with E-state index in [4.69, 9.17) is 0 Å². The third kappa shape index (κ3) is 5.21. The van der Waals surface area contributed by atoms with Crippen LogP contribution in [0.25, 0.3) is 0 Å². The standard InChI is InChI=1S/C20H32.2Li/c1-7-15(3)17(5)13-19-9-11-20(12-10-19)14-18(6)16(4)8-2;;/h9-18H,7-8H2,1-6H3;;. The molecule has 1 aromatic rings. The summed E-state index contributed by atoms with van der Waals surface area (Å²) in [6, 6.07) is 9.49. The third-order valence-electron chi connectivity index (χ3n) is 6.65. The van der Waals surface area contributed by atoms with Gasteiger partial charge in [0.2, 0.25) is 0 Å². The van der Waals surface area contributed by atoms with E-state index in [1.54, 1.807) is 0 Å². The first-order valence-corrected chi connectivity index (χ1v) is 9.43. The van der Waals surface area contributed by atoms with Crippen molar-refractivity contribution >= 4 is 35.4 Å². The van der Waals surface area contributed by atoms with Gasteiger partial charge in [-0.25, -0.2) is 0 Å². The van der Waals surface area contributed by atoms with E-state index in [1.165, 1.54) is 24.0 Å². The van der Waals surface area contributed by atoms with Crippen molar-refractivity contribution < 1.29 is 0 Å². The molecule has 0 saturated carbocycles. The minimum absolute atomic E-state index is 0.645. The van der Waals surface area contributed by atoms with Gasteiger partial charge in [-0.05, 0) is 0 Å². The number of hydrogen-bond donors (Lipinski definition) is 0. The Morgan fingerprint density at radius 3 is 1.18 bits per heavy atom. The molecule has 0 saturated heterocycles. The fourth-order valence-electron chi connectivity index (χ4n) is 3.44. The molecule has 0 aliphatic rings. The molecule has 0 radical (unpaired) electrons. The molecule has 0 spiro atoms. The van der Waals surface area contributed by atoms with Crippen molar-refractivity contribution in [3.63, 3.8) is 0 Å². The van der Waals surface area contributed by atoms with Gasteiger partial charge in [-0.3, -0.25) is 0 Å². The van der Waals surface area contributed by atoms with Gasteiger partial charge in [-0.1, -0.05) is 0 Å². The Bertz CT molecular complexity index is 385. The first kappa shape index (κ1) is 20.5. The summed E-state index contributed by atoms with van der Waals surface area (Å²) >= 11 is 4.77. The second-order valence-corrected chi connectivity index (χ2v) is 7.73. The Balaban J connectivity index is 2.82. The molecule has 2 heteroatoms. The number of benzene rings is 1. The van der Waals surface area contributed by atoms with E-state index in [1.807, 2.05) is 0 Å². The van der Waals surface area contributed by atoms with E-state index in [2.05, 4.69) is 101 Å². The zero-order valence-electron chi connectivity index (χ0n) is 16.2. The van der Waals surface area contributed by atoms with Gasteiger partial charge < -0.3 is 0 Å². The predicted molar refractivity (Wildman–Crippen MR) is 101 cm³/mol. The van der Waals surface area contributed by atoms with Crippen LogP contribution in [0.3, 0.4) is 0 Å². The molecule has 22 heavy (non-hydrogen) atoms. The van der Waals surface area contributed by atoms with Crippen LogP contribution in [0.5, 0.6) is 0 Å². The zero-order valence-corrected chi connectivity index (χ0v) is 16.2. The maximum absolute atomic E-state index is 2.40. The Morgan fingerprint density at radius 1 is 0.682 bits per heavy atom. The Labute approximate surface area is 157 Å². The monoisotopic (exact) mass is 286 g/mol. The van der Waals surface area contributed by atoms with Gasteiger partial charge in [0, 0.05) is 0 Å². The molecule has 0 aliphatic carbocycles. The van der Waals surface area contributed by atoms with Gasteiger partial charge >= 0.3 is 158 Å². The second-order valence-electron chi connectivity index (χ2n) is 7.73. The van der Waals surface area contributed by atoms with E-state index in [9.17, 15) is 0 Å². The molecule has 0 nitrogen and oxygen atoms in total. The summed E-state index contributed by atoms with van der Waals surface area (Å²) in [4.78, 5) is 0. The van der Waals surface area contributed by atoms with Crippen molar-refractivity contribution in [2.75, 3.05) is 0 Å². The SMILES string of the molecule is [Li][CH](c1ccc([CH]([Li])C(C)C(C)CC)cc1)C(C)C(C)CC. The molecule has 0 aliphatic heterocycles. The molecular formula is C20H32Li2. The quantitative estimate of drug-likeness (QED) is 0.556. The van der Waals surface area contributed by atoms with Crippen molar-refractivity contribution in [1.82, 2.24) is 0 Å². The van der Waals surface area contributed by atoms with Gasteiger partial charge in [0.1, 0.15) is 0 Å². The molecule has 0 fully saturated rings. The summed E-state index contributed by atoms with van der Waals surface area (Å²) in [5.41, 5.74) is 3.00. The summed E-state index contributed by atoms with van der Waals surface area (Å²) in [7, 11) is 0. The topological polar surface area (TPSA) is 0 Å². The first-order chi connectivity index (χ1) is 10.3. The average molecular weight is 286 g/mol. The number of rotatable bonds is 8. The van der Waals surface area contributed by atoms with Crippen LogP contribution in [-0.2, 0) is 0 Å². The summed E-state index contributed by atoms with van der Waals surface area (Å²) in [6.45, 7) is 14.2. The van der Waals surface area contributed by atoms with E-state index in [-0.39, 0.29) is 0 Å². The van der Waals surface area contributed by atoms with Crippen molar-refractivity contribution in [2.45, 2.75) is 63.6 Å². The Hall–Kier alpha value is 0.415. The normalized spacial score (nSPS) is 20.1. The van der Waals surface area contributed by atoms with Crippen LogP contribution >= 0.6 is 0 Å². The van der Waals surface area contributed by atoms with Crippen LogP contribution < -0.4 is 0 Å². The zero-order chi connectivity index (χ0) is 16.9. The van der Waals surface area contributed by atoms with Crippen LogP contribution in [0.15, 0.2) is 24.3 Å². The Kier molecular flexibility index (Phi) is 8.97. The fourth-order valence-corrected chi connectivity index (χ4v) is 3.44. The molecule has 1 rings (SSSR count). The van der Waals surface area contributed by atoms with E-state index >= 15 is 0 Å². The summed E-state index contributed by atoms with van der Waals surface area (Å²) in [5, 5.41) is 0. The maximum atomic E-state index is 2.40. The van der Waals surface area contributed by atoms with Crippen LogP contribution in [0.2, 0.25) is 0 Å². The molecule has 0 aromatic heterocycles. The molecule has 0 heterocycles. The Morgan fingerprint density at radius 2 is 0.955 bits per heavy atom. The fraction of sp³-hybridized carbons (Fsp3) is 0.700. The summed E-state index contributed by atoms with van der Waals surface area (Å²) in [5.74, 6) is 3.07. The van der Waals surface area contributed by atoms with Gasteiger partial charge in [0.25, 0.3) is 0 Å². The van der Waals surface area contributed by atoms with E-state index < -0.39 is 0 Å². The average Bonchev–Trinajstić information content (AvgIpc) is 2.57. The third-order valence-corrected chi connectivity index (χ3v) is 6.65. The van der Waals surface area contributed by atoms with E-state index in [0.717, 1.165) is 23.7 Å². The van der Waals surface area contributed by atoms with Gasteiger partial charge in [-0.15, -0.1) is 0 Å². The van der Waals surface area contributed by atoms with E-state index in [0.29, 0.717) is 9.18 Å². The van der Waals surface area contributed by atoms with Crippen LogP contribution in [-0.4, -0.2) is 35.4 Å². The van der Waals surface area contributed by atoms with Crippen molar-refractivity contribution in [2.24, 2.45) is 23.7 Å². The van der Waals surface area contributed by atoms with Crippen molar-refractivity contribution in [3.8, 4) is 0 Å². The van der Waals surface area contributed by atoms with Crippen LogP contribution in [0.1, 0.15) is 74.7 Å². The van der Waals surface area contributed by atoms with Crippen LogP contribution in [0, 0.1) is 23.7 Å². The van der Waals surface area contributed by atoms with Gasteiger partial charge in [0.15, 0.2) is 0 Å². The van der Waals surface area contributed by atoms with Gasteiger partial charge in [-0.2, -0.15) is 0 Å². The molecule has 0 bridgehead atoms. The molecular weight excluding hydrogens is 254 g/mol. The number of hydrogen-bond acceptors (Lipinski definition) is 0. The molecule has 6 atom stereocenters. The first-order valence-electron chi connectivity index (χ1n) is 9.43. The van der Waals surface area contributed by atoms with Gasteiger partial charge in [0.05, 0.1) is 0 Å². The summed E-state index contributed by atoms with van der Waals surface area (Å²) in [6.07, 6.45) is 2.54. The molecule has 114 valence electrons.